The molecule has 0 spiro atoms. The van der Waals surface area contributed by atoms with Gasteiger partial charge >= 0.3 is 0 Å². The van der Waals surface area contributed by atoms with E-state index >= 15 is 0 Å². The summed E-state index contributed by atoms with van der Waals surface area (Å²) < 4.78 is 14.2. The highest BCUT2D eigenvalue weighted by Crippen LogP contribution is 2.31. The van der Waals surface area contributed by atoms with E-state index in [9.17, 15) is 9.50 Å². The van der Waals surface area contributed by atoms with Gasteiger partial charge in [0.05, 0.1) is 5.84 Å². The van der Waals surface area contributed by atoms with Crippen molar-refractivity contribution in [3.63, 3.8) is 0 Å². The van der Waals surface area contributed by atoms with E-state index in [0.717, 1.165) is 17.5 Å². The zero-order chi connectivity index (χ0) is 22.4. The van der Waals surface area contributed by atoms with Crippen LogP contribution in [0, 0.1) is 11.4 Å². The molecule has 3 rings (SSSR count). The Morgan fingerprint density at radius 2 is 1.90 bits per heavy atom. The first kappa shape index (κ1) is 22.0. The zero-order valence-corrected chi connectivity index (χ0v) is 17.6. The third-order valence-electron chi connectivity index (χ3n) is 4.87. The van der Waals surface area contributed by atoms with Gasteiger partial charge in [-0.3, -0.25) is 5.41 Å². The van der Waals surface area contributed by atoms with E-state index in [4.69, 9.17) is 16.1 Å². The summed E-state index contributed by atoms with van der Waals surface area (Å²) in [7, 11) is 0. The number of pyridine rings is 1. The number of benzene rings is 2. The van der Waals surface area contributed by atoms with E-state index in [1.165, 1.54) is 6.20 Å². The molecule has 0 aliphatic carbocycles. The molecule has 6 nitrogen and oxygen atoms in total. The number of aromatic hydroxyl groups is 1. The van der Waals surface area contributed by atoms with Crippen molar-refractivity contribution in [2.75, 3.05) is 6.54 Å². The van der Waals surface area contributed by atoms with Crippen LogP contribution in [0.4, 0.5) is 4.39 Å². The quantitative estimate of drug-likeness (QED) is 0.306. The Morgan fingerprint density at radius 3 is 2.55 bits per heavy atom. The smallest absolute Gasteiger partial charge is 0.220 e. The molecule has 1 unspecified atom stereocenters. The van der Waals surface area contributed by atoms with Crippen LogP contribution < -0.4 is 5.73 Å². The van der Waals surface area contributed by atoms with E-state index in [1.54, 1.807) is 48.2 Å². The maximum atomic E-state index is 14.2. The number of hydrogen-bond donors (Lipinski definition) is 3. The number of nitrogens with one attached hydrogen (secondary N) is 1. The topological polar surface area (TPSA) is 98.6 Å². The van der Waals surface area contributed by atoms with Gasteiger partial charge in [0.2, 0.25) is 5.95 Å². The molecule has 4 N–H and O–H groups in total. The largest absolute Gasteiger partial charge is 0.508 e. The van der Waals surface area contributed by atoms with Crippen molar-refractivity contribution in [2.45, 2.75) is 26.3 Å². The molecule has 0 aliphatic rings. The van der Waals surface area contributed by atoms with E-state index < -0.39 is 12.0 Å². The molecule has 3 aromatic rings. The van der Waals surface area contributed by atoms with Gasteiger partial charge in [-0.2, -0.15) is 4.39 Å². The first-order valence-electron chi connectivity index (χ1n) is 10.1. The Morgan fingerprint density at radius 1 is 1.16 bits per heavy atom. The second-order valence-electron chi connectivity index (χ2n) is 7.19. The second-order valence-corrected chi connectivity index (χ2v) is 7.19. The number of aromatic nitrogens is 1. The van der Waals surface area contributed by atoms with Crippen LogP contribution in [-0.2, 0) is 0 Å². The molecule has 0 aliphatic heterocycles. The number of hydrogen-bond acceptors (Lipinski definition) is 4. The number of halogens is 1. The van der Waals surface area contributed by atoms with Gasteiger partial charge in [0.1, 0.15) is 11.8 Å². The van der Waals surface area contributed by atoms with Crippen molar-refractivity contribution in [2.24, 2.45) is 10.7 Å². The number of phenols is 1. The zero-order valence-electron chi connectivity index (χ0n) is 17.6. The van der Waals surface area contributed by atoms with Crippen LogP contribution in [0.25, 0.3) is 11.1 Å². The lowest BCUT2D eigenvalue weighted by molar-refractivity contribution is 0.475. The predicted octanol–water partition coefficient (Wildman–Crippen LogP) is 4.71. The molecular weight excluding hydrogens is 393 g/mol. The van der Waals surface area contributed by atoms with Crippen molar-refractivity contribution in [3.8, 4) is 16.9 Å². The highest BCUT2D eigenvalue weighted by molar-refractivity contribution is 5.96. The van der Waals surface area contributed by atoms with Crippen molar-refractivity contribution >= 4 is 11.8 Å². The summed E-state index contributed by atoms with van der Waals surface area (Å²) in [5, 5.41) is 17.7. The van der Waals surface area contributed by atoms with Gasteiger partial charge in [-0.25, -0.2) is 9.98 Å². The Labute approximate surface area is 181 Å². The van der Waals surface area contributed by atoms with Gasteiger partial charge in [0.25, 0.3) is 0 Å². The molecule has 1 heterocycles. The minimum atomic E-state index is -0.544. The lowest BCUT2D eigenvalue weighted by Crippen LogP contribution is -2.41. The van der Waals surface area contributed by atoms with Crippen molar-refractivity contribution in [1.82, 2.24) is 9.88 Å². The molecule has 1 atom stereocenters. The summed E-state index contributed by atoms with van der Waals surface area (Å²) in [6.45, 7) is 4.25. The molecule has 0 amide bonds. The third kappa shape index (κ3) is 5.25. The van der Waals surface area contributed by atoms with Gasteiger partial charge < -0.3 is 15.7 Å². The monoisotopic (exact) mass is 419 g/mol. The molecular formula is C24H26FN5O. The third-order valence-corrected chi connectivity index (χ3v) is 4.87. The number of nitrogens with two attached hydrogens (primary N) is 1. The highest BCUT2D eigenvalue weighted by Gasteiger charge is 2.18. The Hall–Kier alpha value is -3.74. The first-order chi connectivity index (χ1) is 14.9. The second kappa shape index (κ2) is 9.84. The first-order valence-corrected chi connectivity index (χ1v) is 10.1. The lowest BCUT2D eigenvalue weighted by atomic mass is 9.95. The van der Waals surface area contributed by atoms with Gasteiger partial charge in [-0.15, -0.1) is 0 Å². The maximum Gasteiger partial charge on any atom is 0.220 e. The Balaban J connectivity index is 2.10. The van der Waals surface area contributed by atoms with E-state index in [2.05, 4.69) is 4.98 Å². The fourth-order valence-corrected chi connectivity index (χ4v) is 3.36. The summed E-state index contributed by atoms with van der Waals surface area (Å²) in [6, 6.07) is 17.0. The van der Waals surface area contributed by atoms with E-state index in [-0.39, 0.29) is 11.7 Å². The van der Waals surface area contributed by atoms with Gasteiger partial charge in [-0.1, -0.05) is 37.3 Å². The normalized spacial score (nSPS) is 12.4. The van der Waals surface area contributed by atoms with E-state index in [1.807, 2.05) is 31.2 Å². The molecule has 0 bridgehead atoms. The molecule has 0 saturated heterocycles. The number of aliphatic imine (C=N–C) groups is 1. The Bertz CT molecular complexity index is 1080. The molecule has 160 valence electrons. The molecule has 2 aromatic carbocycles. The van der Waals surface area contributed by atoms with Crippen LogP contribution in [-0.4, -0.2) is 33.3 Å². The maximum absolute atomic E-state index is 14.2. The van der Waals surface area contributed by atoms with Gasteiger partial charge in [-0.05, 0) is 60.4 Å². The minimum Gasteiger partial charge on any atom is -0.508 e. The number of amidine groups is 1. The summed E-state index contributed by atoms with van der Waals surface area (Å²) in [4.78, 5) is 10.1. The summed E-state index contributed by atoms with van der Waals surface area (Å²) in [5.41, 5.74) is 8.98. The average Bonchev–Trinajstić information content (AvgIpc) is 2.76. The number of phenolic OH excluding ortho intramolecular Hbond substituents is 1. The summed E-state index contributed by atoms with van der Waals surface area (Å²) in [6.07, 6.45) is 2.22. The lowest BCUT2D eigenvalue weighted by Gasteiger charge is -2.24. The molecule has 0 fully saturated rings. The SMILES string of the molecule is CCCN(C(C)=N)C(N)=NC(c1ccc(O)cc1)c1cccc(-c2cccnc2F)c1. The van der Waals surface area contributed by atoms with Crippen LogP contribution >= 0.6 is 0 Å². The fraction of sp³-hybridized carbons (Fsp3) is 0.208. The van der Waals surface area contributed by atoms with Crippen LogP contribution in [0.5, 0.6) is 5.75 Å². The van der Waals surface area contributed by atoms with Crippen LogP contribution in [0.3, 0.4) is 0 Å². The molecule has 0 radical (unpaired) electrons. The van der Waals surface area contributed by atoms with Crippen LogP contribution in [0.15, 0.2) is 71.9 Å². The highest BCUT2D eigenvalue weighted by atomic mass is 19.1. The summed E-state index contributed by atoms with van der Waals surface area (Å²) >= 11 is 0. The number of nitrogens with zero attached hydrogens (tertiary/aromatic N) is 3. The van der Waals surface area contributed by atoms with Crippen molar-refractivity contribution < 1.29 is 9.50 Å². The molecule has 31 heavy (non-hydrogen) atoms. The fourth-order valence-electron chi connectivity index (χ4n) is 3.36. The van der Waals surface area contributed by atoms with Crippen LogP contribution in [0.1, 0.15) is 37.4 Å². The molecule has 1 aromatic heterocycles. The Kier molecular flexibility index (Phi) is 6.97. The number of rotatable bonds is 6. The molecule has 7 heteroatoms. The van der Waals surface area contributed by atoms with Gasteiger partial charge in [0.15, 0.2) is 5.96 Å². The summed E-state index contributed by atoms with van der Waals surface area (Å²) in [5.74, 6) is 0.134. The standard InChI is InChI=1S/C24H26FN5O/c1-3-14-30(16(2)26)24(27)29-22(17-9-11-20(31)12-10-17)19-7-4-6-18(15-19)21-8-5-13-28-23(21)25/h4-13,15,22,26,31H,3,14H2,1-2H3,(H2,27,29). The van der Waals surface area contributed by atoms with Crippen molar-refractivity contribution in [3.05, 3.63) is 83.9 Å². The average molecular weight is 420 g/mol. The molecule has 0 saturated carbocycles. The number of guanidine groups is 1. The minimum absolute atomic E-state index is 0.147. The van der Waals surface area contributed by atoms with E-state index in [0.29, 0.717) is 23.5 Å². The van der Waals surface area contributed by atoms with Crippen LogP contribution in [0.2, 0.25) is 0 Å². The van der Waals surface area contributed by atoms with Crippen molar-refractivity contribution in [1.29, 1.82) is 5.41 Å². The predicted molar refractivity (Wildman–Crippen MR) is 122 cm³/mol. The van der Waals surface area contributed by atoms with Gasteiger partial charge in [0, 0.05) is 18.3 Å².